The van der Waals surface area contributed by atoms with Gasteiger partial charge in [0.2, 0.25) is 0 Å². The molecule has 1 fully saturated rings. The number of aliphatic hydroxyl groups is 1. The summed E-state index contributed by atoms with van der Waals surface area (Å²) < 4.78 is 20.7. The van der Waals surface area contributed by atoms with Crippen molar-refractivity contribution in [2.24, 2.45) is 0 Å². The maximum absolute atomic E-state index is 13.4. The van der Waals surface area contributed by atoms with Gasteiger partial charge in [-0.3, -0.25) is 14.5 Å². The molecule has 1 unspecified atom stereocenters. The average Bonchev–Trinajstić information content (AvgIpc) is 3.21. The largest absolute Gasteiger partial charge is 0.507 e. The summed E-state index contributed by atoms with van der Waals surface area (Å²) in [7, 11) is 5.69. The van der Waals surface area contributed by atoms with Crippen molar-refractivity contribution in [3.8, 4) is 17.2 Å². The van der Waals surface area contributed by atoms with E-state index in [4.69, 9.17) is 18.9 Å². The molecule has 1 amide bonds. The van der Waals surface area contributed by atoms with E-state index in [0.29, 0.717) is 22.7 Å². The highest BCUT2D eigenvalue weighted by molar-refractivity contribution is 6.51. The lowest BCUT2D eigenvalue weighted by atomic mass is 9.94. The van der Waals surface area contributed by atoms with Gasteiger partial charge in [-0.1, -0.05) is 12.1 Å². The first-order valence-electron chi connectivity index (χ1n) is 11.2. The van der Waals surface area contributed by atoms with Crippen molar-refractivity contribution in [1.82, 2.24) is 0 Å². The number of carbonyl (C=O) groups is 3. The number of nitrogens with zero attached hydrogens (tertiary/aromatic N) is 1. The van der Waals surface area contributed by atoms with Crippen LogP contribution >= 0.6 is 0 Å². The Balaban J connectivity index is 1.93. The predicted octanol–water partition coefficient (Wildman–Crippen LogP) is 4.13. The average molecular weight is 504 g/mol. The molecule has 3 aromatic rings. The standard InChI is InChI=1S/C28H25NO8/c1-34-19-7-5-6-17(14-19)24-23(25(30)21-13-12-20(35-2)15-22(21)36-3)26(31)27(32)29(24)18-10-8-16(9-11-18)28(33)37-4/h5-15,24,30H,1-4H3/b25-23-. The van der Waals surface area contributed by atoms with E-state index in [-0.39, 0.29) is 22.4 Å². The van der Waals surface area contributed by atoms with E-state index >= 15 is 0 Å². The lowest BCUT2D eigenvalue weighted by Gasteiger charge is -2.26. The molecule has 9 nitrogen and oxygen atoms in total. The molecular formula is C28H25NO8. The summed E-state index contributed by atoms with van der Waals surface area (Å²) in [6.07, 6.45) is 0. The van der Waals surface area contributed by atoms with Crippen LogP contribution in [0.3, 0.4) is 0 Å². The molecule has 1 N–H and O–H groups in total. The molecule has 1 saturated heterocycles. The van der Waals surface area contributed by atoms with E-state index in [1.54, 1.807) is 54.6 Å². The third-order valence-corrected chi connectivity index (χ3v) is 6.08. The van der Waals surface area contributed by atoms with E-state index in [1.807, 2.05) is 0 Å². The highest BCUT2D eigenvalue weighted by atomic mass is 16.5. The van der Waals surface area contributed by atoms with Crippen LogP contribution in [0.5, 0.6) is 17.2 Å². The van der Waals surface area contributed by atoms with E-state index in [1.165, 1.54) is 45.5 Å². The molecule has 0 bridgehead atoms. The Hall–Kier alpha value is -4.79. The summed E-state index contributed by atoms with van der Waals surface area (Å²) in [6.45, 7) is 0. The quantitative estimate of drug-likeness (QED) is 0.222. The van der Waals surface area contributed by atoms with Crippen LogP contribution < -0.4 is 19.1 Å². The lowest BCUT2D eigenvalue weighted by molar-refractivity contribution is -0.132. The fourth-order valence-corrected chi connectivity index (χ4v) is 4.24. The second-order valence-electron chi connectivity index (χ2n) is 8.05. The number of rotatable bonds is 7. The SMILES string of the molecule is COC(=O)c1ccc(N2C(=O)C(=O)/C(=C(\O)c3ccc(OC)cc3OC)C2c2cccc(OC)c2)cc1. The Morgan fingerprint density at radius 1 is 0.838 bits per heavy atom. The molecule has 9 heteroatoms. The molecule has 0 aromatic heterocycles. The molecule has 1 heterocycles. The molecule has 0 radical (unpaired) electrons. The van der Waals surface area contributed by atoms with Gasteiger partial charge in [0.15, 0.2) is 0 Å². The minimum atomic E-state index is -0.995. The second-order valence-corrected chi connectivity index (χ2v) is 8.05. The molecule has 1 aliphatic heterocycles. The lowest BCUT2D eigenvalue weighted by Crippen LogP contribution is -2.29. The number of aliphatic hydroxyl groups excluding tert-OH is 1. The van der Waals surface area contributed by atoms with Crippen LogP contribution in [0.1, 0.15) is 27.5 Å². The fourth-order valence-electron chi connectivity index (χ4n) is 4.24. The zero-order chi connectivity index (χ0) is 26.7. The normalized spacial score (nSPS) is 16.4. The van der Waals surface area contributed by atoms with Gasteiger partial charge >= 0.3 is 5.97 Å². The van der Waals surface area contributed by atoms with E-state index in [2.05, 4.69) is 0 Å². The smallest absolute Gasteiger partial charge is 0.337 e. The zero-order valence-electron chi connectivity index (χ0n) is 20.7. The summed E-state index contributed by atoms with van der Waals surface area (Å²) in [5.41, 5.74) is 1.26. The summed E-state index contributed by atoms with van der Waals surface area (Å²) >= 11 is 0. The highest BCUT2D eigenvalue weighted by Crippen LogP contribution is 2.44. The monoisotopic (exact) mass is 503 g/mol. The minimum Gasteiger partial charge on any atom is -0.507 e. The highest BCUT2D eigenvalue weighted by Gasteiger charge is 2.47. The van der Waals surface area contributed by atoms with Gasteiger partial charge in [0.05, 0.1) is 51.2 Å². The molecule has 0 spiro atoms. The molecule has 1 atom stereocenters. The molecule has 190 valence electrons. The molecule has 1 aliphatic rings. The molecular weight excluding hydrogens is 478 g/mol. The molecule has 0 saturated carbocycles. The van der Waals surface area contributed by atoms with Crippen molar-refractivity contribution in [3.63, 3.8) is 0 Å². The van der Waals surface area contributed by atoms with Crippen molar-refractivity contribution in [2.45, 2.75) is 6.04 Å². The van der Waals surface area contributed by atoms with Gasteiger partial charge < -0.3 is 24.1 Å². The van der Waals surface area contributed by atoms with Gasteiger partial charge in [-0.25, -0.2) is 4.79 Å². The first-order chi connectivity index (χ1) is 17.8. The Morgan fingerprint density at radius 2 is 1.51 bits per heavy atom. The summed E-state index contributed by atoms with van der Waals surface area (Å²) in [5, 5.41) is 11.4. The Bertz CT molecular complexity index is 1390. The number of amides is 1. The van der Waals surface area contributed by atoms with Gasteiger partial charge in [-0.05, 0) is 54.1 Å². The van der Waals surface area contributed by atoms with Crippen LogP contribution in [-0.4, -0.2) is 51.2 Å². The third kappa shape index (κ3) is 4.58. The Kier molecular flexibility index (Phi) is 7.15. The van der Waals surface area contributed by atoms with Crippen LogP contribution in [0.2, 0.25) is 0 Å². The van der Waals surface area contributed by atoms with Gasteiger partial charge in [-0.2, -0.15) is 0 Å². The summed E-state index contributed by atoms with van der Waals surface area (Å²) in [5.74, 6) is -1.40. The number of benzene rings is 3. The first-order valence-corrected chi connectivity index (χ1v) is 11.2. The first kappa shape index (κ1) is 25.3. The number of hydrogen-bond acceptors (Lipinski definition) is 8. The fraction of sp³-hybridized carbons (Fsp3) is 0.179. The number of anilines is 1. The van der Waals surface area contributed by atoms with Crippen LogP contribution in [0.4, 0.5) is 5.69 Å². The minimum absolute atomic E-state index is 0.126. The topological polar surface area (TPSA) is 112 Å². The number of ether oxygens (including phenoxy) is 4. The Labute approximate surface area is 213 Å². The summed E-state index contributed by atoms with van der Waals surface area (Å²) in [6, 6.07) is 16.7. The Morgan fingerprint density at radius 3 is 2.14 bits per heavy atom. The maximum atomic E-state index is 13.4. The van der Waals surface area contributed by atoms with Crippen molar-refractivity contribution in [3.05, 3.63) is 89.0 Å². The van der Waals surface area contributed by atoms with E-state index < -0.39 is 29.5 Å². The van der Waals surface area contributed by atoms with Crippen LogP contribution in [0, 0.1) is 0 Å². The van der Waals surface area contributed by atoms with Gasteiger partial charge in [0, 0.05) is 11.8 Å². The van der Waals surface area contributed by atoms with Crippen LogP contribution in [0.25, 0.3) is 5.76 Å². The number of ketones is 1. The van der Waals surface area contributed by atoms with Gasteiger partial charge in [-0.15, -0.1) is 0 Å². The molecule has 0 aliphatic carbocycles. The van der Waals surface area contributed by atoms with E-state index in [0.717, 1.165) is 0 Å². The van der Waals surface area contributed by atoms with E-state index in [9.17, 15) is 19.5 Å². The molecule has 37 heavy (non-hydrogen) atoms. The third-order valence-electron chi connectivity index (χ3n) is 6.08. The van der Waals surface area contributed by atoms with Crippen LogP contribution in [-0.2, 0) is 14.3 Å². The van der Waals surface area contributed by atoms with Crippen molar-refractivity contribution in [1.29, 1.82) is 0 Å². The number of esters is 1. The number of hydrogen-bond donors (Lipinski definition) is 1. The maximum Gasteiger partial charge on any atom is 0.337 e. The summed E-state index contributed by atoms with van der Waals surface area (Å²) in [4.78, 5) is 40.0. The van der Waals surface area contributed by atoms with Gasteiger partial charge in [0.1, 0.15) is 23.0 Å². The number of Topliss-reactive ketones (excluding diaryl/α,β-unsaturated/α-hetero) is 1. The van der Waals surface area contributed by atoms with Crippen molar-refractivity contribution < 1.29 is 38.4 Å². The second kappa shape index (κ2) is 10.4. The zero-order valence-corrected chi connectivity index (χ0v) is 20.7. The molecule has 3 aromatic carbocycles. The molecule has 4 rings (SSSR count). The predicted molar refractivity (Wildman–Crippen MR) is 135 cm³/mol. The van der Waals surface area contributed by atoms with Crippen LogP contribution in [0.15, 0.2) is 72.3 Å². The van der Waals surface area contributed by atoms with Gasteiger partial charge in [0.25, 0.3) is 11.7 Å². The number of methoxy groups -OCH3 is 4. The van der Waals surface area contributed by atoms with Crippen molar-refractivity contribution in [2.75, 3.05) is 33.3 Å². The number of carbonyl (C=O) groups excluding carboxylic acids is 3. The van der Waals surface area contributed by atoms with Crippen molar-refractivity contribution >= 4 is 29.1 Å².